The molecule has 1 amide bonds. The van der Waals surface area contributed by atoms with E-state index in [1.807, 2.05) is 6.92 Å². The molecule has 0 aromatic heterocycles. The van der Waals surface area contributed by atoms with Crippen molar-refractivity contribution in [3.05, 3.63) is 29.8 Å². The van der Waals surface area contributed by atoms with Crippen LogP contribution in [0.1, 0.15) is 25.5 Å². The van der Waals surface area contributed by atoms with Crippen molar-refractivity contribution < 1.29 is 13.2 Å². The van der Waals surface area contributed by atoms with E-state index < -0.39 is 15.9 Å². The van der Waals surface area contributed by atoms with Gasteiger partial charge in [0, 0.05) is 6.26 Å². The number of nitrogens with one attached hydrogen (secondary N) is 1. The van der Waals surface area contributed by atoms with E-state index in [0.29, 0.717) is 0 Å². The van der Waals surface area contributed by atoms with Gasteiger partial charge in [-0.25, -0.2) is 8.42 Å². The van der Waals surface area contributed by atoms with E-state index in [1.54, 1.807) is 19.1 Å². The van der Waals surface area contributed by atoms with E-state index in [4.69, 9.17) is 5.73 Å². The summed E-state index contributed by atoms with van der Waals surface area (Å²) in [4.78, 5) is 11.7. The molecule has 5 nitrogen and oxygen atoms in total. The number of hydrogen-bond acceptors (Lipinski definition) is 4. The Bertz CT molecular complexity index is 521. The second kappa shape index (κ2) is 5.49. The Morgan fingerprint density at radius 1 is 1.22 bits per heavy atom. The van der Waals surface area contributed by atoms with E-state index in [1.165, 1.54) is 12.1 Å². The quantitative estimate of drug-likeness (QED) is 0.839. The minimum absolute atomic E-state index is 0.211. The van der Waals surface area contributed by atoms with E-state index in [0.717, 1.165) is 11.8 Å². The highest BCUT2D eigenvalue weighted by Gasteiger charge is 2.13. The number of carbonyl (C=O) groups excluding carboxylic acids is 1. The predicted molar refractivity (Wildman–Crippen MR) is 69.8 cm³/mol. The molecule has 0 heterocycles. The van der Waals surface area contributed by atoms with Crippen molar-refractivity contribution in [2.75, 3.05) is 6.26 Å². The lowest BCUT2D eigenvalue weighted by Crippen LogP contribution is -2.39. The van der Waals surface area contributed by atoms with Gasteiger partial charge in [0.25, 0.3) is 0 Å². The zero-order valence-electron chi connectivity index (χ0n) is 10.7. The molecule has 6 heteroatoms. The van der Waals surface area contributed by atoms with Gasteiger partial charge in [-0.3, -0.25) is 4.79 Å². The first-order valence-electron chi connectivity index (χ1n) is 5.58. The fourth-order valence-electron chi connectivity index (χ4n) is 1.43. The molecule has 3 N–H and O–H groups in total. The maximum Gasteiger partial charge on any atom is 0.237 e. The first-order chi connectivity index (χ1) is 8.21. The Morgan fingerprint density at radius 3 is 2.11 bits per heavy atom. The first-order valence-corrected chi connectivity index (χ1v) is 7.47. The summed E-state index contributed by atoms with van der Waals surface area (Å²) in [5.41, 5.74) is 6.28. The highest BCUT2D eigenvalue weighted by Crippen LogP contribution is 2.16. The average molecular weight is 270 g/mol. The van der Waals surface area contributed by atoms with Crippen LogP contribution in [0.15, 0.2) is 29.2 Å². The Balaban J connectivity index is 2.83. The summed E-state index contributed by atoms with van der Waals surface area (Å²) < 4.78 is 22.6. The lowest BCUT2D eigenvalue weighted by Gasteiger charge is -2.16. The van der Waals surface area contributed by atoms with Crippen LogP contribution in [0.25, 0.3) is 0 Å². The van der Waals surface area contributed by atoms with Gasteiger partial charge in [0.2, 0.25) is 5.91 Å². The molecule has 0 bridgehead atoms. The normalized spacial score (nSPS) is 14.9. The van der Waals surface area contributed by atoms with Crippen LogP contribution in [-0.4, -0.2) is 26.6 Å². The van der Waals surface area contributed by atoms with Gasteiger partial charge in [0.1, 0.15) is 0 Å². The fourth-order valence-corrected chi connectivity index (χ4v) is 2.06. The zero-order valence-corrected chi connectivity index (χ0v) is 11.5. The van der Waals surface area contributed by atoms with Crippen molar-refractivity contribution in [1.82, 2.24) is 5.32 Å². The SMILES string of the molecule is CC(NC(=O)[C@H](C)N)c1ccc(S(C)(=O)=O)cc1. The minimum Gasteiger partial charge on any atom is -0.348 e. The summed E-state index contributed by atoms with van der Waals surface area (Å²) in [6.07, 6.45) is 1.16. The third kappa shape index (κ3) is 3.82. The predicted octanol–water partition coefficient (Wildman–Crippen LogP) is 0.615. The summed E-state index contributed by atoms with van der Waals surface area (Å²) in [6.45, 7) is 3.42. The number of hydrogen-bond donors (Lipinski definition) is 2. The molecule has 0 saturated heterocycles. The molecule has 1 unspecified atom stereocenters. The summed E-state index contributed by atoms with van der Waals surface area (Å²) >= 11 is 0. The Kier molecular flexibility index (Phi) is 4.48. The van der Waals surface area contributed by atoms with Gasteiger partial charge in [-0.05, 0) is 31.5 Å². The molecule has 100 valence electrons. The molecule has 1 aromatic rings. The van der Waals surface area contributed by atoms with Crippen molar-refractivity contribution in [2.45, 2.75) is 30.8 Å². The molecule has 0 spiro atoms. The summed E-state index contributed by atoms with van der Waals surface area (Å²) in [7, 11) is -3.19. The van der Waals surface area contributed by atoms with Crippen molar-refractivity contribution >= 4 is 15.7 Å². The summed E-state index contributed by atoms with van der Waals surface area (Å²) in [5.74, 6) is -0.241. The van der Waals surface area contributed by atoms with Gasteiger partial charge in [0.15, 0.2) is 9.84 Å². The van der Waals surface area contributed by atoms with Crippen LogP contribution in [0, 0.1) is 0 Å². The fraction of sp³-hybridized carbons (Fsp3) is 0.417. The van der Waals surface area contributed by atoms with Crippen LogP contribution in [-0.2, 0) is 14.6 Å². The monoisotopic (exact) mass is 270 g/mol. The second-order valence-electron chi connectivity index (χ2n) is 4.36. The van der Waals surface area contributed by atoms with Crippen LogP contribution in [0.5, 0.6) is 0 Å². The Hall–Kier alpha value is -1.40. The van der Waals surface area contributed by atoms with Crippen molar-refractivity contribution in [3.63, 3.8) is 0 Å². The van der Waals surface area contributed by atoms with Gasteiger partial charge in [-0.2, -0.15) is 0 Å². The molecule has 2 atom stereocenters. The molecule has 1 aromatic carbocycles. The number of nitrogens with two attached hydrogens (primary N) is 1. The van der Waals surface area contributed by atoms with Crippen molar-refractivity contribution in [1.29, 1.82) is 0 Å². The number of benzene rings is 1. The molecule has 18 heavy (non-hydrogen) atoms. The van der Waals surface area contributed by atoms with E-state index >= 15 is 0 Å². The van der Waals surface area contributed by atoms with Crippen LogP contribution >= 0.6 is 0 Å². The Morgan fingerprint density at radius 2 is 1.72 bits per heavy atom. The molecular weight excluding hydrogens is 252 g/mol. The second-order valence-corrected chi connectivity index (χ2v) is 6.38. The molecule has 0 fully saturated rings. The van der Waals surface area contributed by atoms with E-state index in [2.05, 4.69) is 5.32 Å². The number of amides is 1. The van der Waals surface area contributed by atoms with E-state index in [9.17, 15) is 13.2 Å². The molecule has 1 rings (SSSR count). The standard InChI is InChI=1S/C12H18N2O3S/c1-8(13)12(15)14-9(2)10-4-6-11(7-5-10)18(3,16)17/h4-9H,13H2,1-3H3,(H,14,15)/t8-,9?/m0/s1. The summed E-state index contributed by atoms with van der Waals surface area (Å²) in [5, 5.41) is 2.74. The van der Waals surface area contributed by atoms with Gasteiger partial charge < -0.3 is 11.1 Å². The van der Waals surface area contributed by atoms with Gasteiger partial charge in [0.05, 0.1) is 17.0 Å². The smallest absolute Gasteiger partial charge is 0.237 e. The minimum atomic E-state index is -3.19. The third-order valence-corrected chi connectivity index (χ3v) is 3.71. The number of sulfone groups is 1. The lowest BCUT2D eigenvalue weighted by atomic mass is 10.1. The van der Waals surface area contributed by atoms with Crippen molar-refractivity contribution in [3.8, 4) is 0 Å². The molecule has 0 radical (unpaired) electrons. The largest absolute Gasteiger partial charge is 0.348 e. The molecule has 0 aliphatic carbocycles. The highest BCUT2D eigenvalue weighted by atomic mass is 32.2. The molecular formula is C12H18N2O3S. The van der Waals surface area contributed by atoms with Gasteiger partial charge in [-0.15, -0.1) is 0 Å². The number of rotatable bonds is 4. The zero-order chi connectivity index (χ0) is 13.9. The average Bonchev–Trinajstić information content (AvgIpc) is 2.27. The topological polar surface area (TPSA) is 89.3 Å². The van der Waals surface area contributed by atoms with Crippen LogP contribution in [0.3, 0.4) is 0 Å². The van der Waals surface area contributed by atoms with Gasteiger partial charge in [-0.1, -0.05) is 12.1 Å². The van der Waals surface area contributed by atoms with Crippen LogP contribution in [0.2, 0.25) is 0 Å². The molecule has 0 saturated carbocycles. The molecule has 0 aliphatic rings. The lowest BCUT2D eigenvalue weighted by molar-refractivity contribution is -0.122. The third-order valence-electron chi connectivity index (χ3n) is 2.58. The van der Waals surface area contributed by atoms with Gasteiger partial charge >= 0.3 is 0 Å². The maximum absolute atomic E-state index is 11.4. The van der Waals surface area contributed by atoms with Crippen LogP contribution < -0.4 is 11.1 Å². The molecule has 0 aliphatic heterocycles. The van der Waals surface area contributed by atoms with E-state index in [-0.39, 0.29) is 16.8 Å². The van der Waals surface area contributed by atoms with Crippen molar-refractivity contribution in [2.24, 2.45) is 5.73 Å². The maximum atomic E-state index is 11.4. The first kappa shape index (κ1) is 14.7. The summed E-state index contributed by atoms with van der Waals surface area (Å²) in [6, 6.07) is 5.64. The Labute approximate surface area is 107 Å². The highest BCUT2D eigenvalue weighted by molar-refractivity contribution is 7.90. The van der Waals surface area contributed by atoms with Crippen LogP contribution in [0.4, 0.5) is 0 Å². The number of carbonyl (C=O) groups is 1.